The van der Waals surface area contributed by atoms with Gasteiger partial charge in [0.15, 0.2) is 0 Å². The Morgan fingerprint density at radius 2 is 2.16 bits per heavy atom. The number of carboxylic acid groups (broad SMARTS) is 1. The first-order valence-corrected chi connectivity index (χ1v) is 9.95. The smallest absolute Gasteiger partial charge is 0.475 e. The van der Waals surface area contributed by atoms with Crippen molar-refractivity contribution in [1.29, 1.82) is 0 Å². The summed E-state index contributed by atoms with van der Waals surface area (Å²) in [5, 5.41) is 7.12. The van der Waals surface area contributed by atoms with E-state index in [0.717, 1.165) is 25.0 Å². The number of amides is 1. The van der Waals surface area contributed by atoms with E-state index in [2.05, 4.69) is 11.6 Å². The van der Waals surface area contributed by atoms with Gasteiger partial charge in [-0.05, 0) is 31.9 Å². The zero-order valence-corrected chi connectivity index (χ0v) is 17.4. The molecule has 1 aliphatic carbocycles. The van der Waals surface area contributed by atoms with Crippen molar-refractivity contribution in [3.63, 3.8) is 0 Å². The Morgan fingerprint density at radius 1 is 1.45 bits per heavy atom. The second-order valence-electron chi connectivity index (χ2n) is 7.52. The van der Waals surface area contributed by atoms with Crippen molar-refractivity contribution >= 4 is 11.9 Å². The monoisotopic (exact) mass is 444 g/mol. The molecule has 172 valence electrons. The summed E-state index contributed by atoms with van der Waals surface area (Å²) in [5.74, 6) is -2.43. The van der Waals surface area contributed by atoms with Crippen molar-refractivity contribution in [2.24, 2.45) is 5.92 Å². The van der Waals surface area contributed by atoms with Crippen LogP contribution < -0.4 is 0 Å². The number of aromatic nitrogens is 1. The summed E-state index contributed by atoms with van der Waals surface area (Å²) >= 11 is 0. The molecule has 7 nitrogen and oxygen atoms in total. The number of halogens is 3. The van der Waals surface area contributed by atoms with Gasteiger partial charge in [-0.1, -0.05) is 18.6 Å². The molecule has 31 heavy (non-hydrogen) atoms. The number of hydrogen-bond acceptors (Lipinski definition) is 5. The molecule has 3 rings (SSSR count). The highest BCUT2D eigenvalue weighted by atomic mass is 19.4. The third-order valence-electron chi connectivity index (χ3n) is 5.30. The lowest BCUT2D eigenvalue weighted by molar-refractivity contribution is -0.192. The van der Waals surface area contributed by atoms with Gasteiger partial charge in [-0.15, -0.1) is 6.58 Å². The molecule has 1 saturated heterocycles. The topological polar surface area (TPSA) is 89.0 Å². The number of aryl methyl sites for hydroxylation is 1. The van der Waals surface area contributed by atoms with Crippen LogP contribution in [0.5, 0.6) is 0 Å². The Kier molecular flexibility index (Phi) is 8.58. The second-order valence-corrected chi connectivity index (χ2v) is 7.52. The number of nitrogens with zero attached hydrogens (tertiary/aromatic N) is 2. The van der Waals surface area contributed by atoms with E-state index in [9.17, 15) is 18.0 Å². The molecule has 0 aromatic carbocycles. The van der Waals surface area contributed by atoms with Crippen molar-refractivity contribution in [2.75, 3.05) is 32.9 Å². The maximum atomic E-state index is 12.8. The Bertz CT molecular complexity index is 787. The first-order valence-electron chi connectivity index (χ1n) is 9.95. The van der Waals surface area contributed by atoms with Gasteiger partial charge in [0.25, 0.3) is 5.91 Å². The summed E-state index contributed by atoms with van der Waals surface area (Å²) in [6, 6.07) is 5.58. The highest BCUT2D eigenvalue weighted by molar-refractivity contribution is 5.92. The normalized spacial score (nSPS) is 23.2. The van der Waals surface area contributed by atoms with E-state index >= 15 is 0 Å². The second kappa shape index (κ2) is 10.7. The molecular weight excluding hydrogens is 417 g/mol. The number of alkyl halides is 3. The molecule has 1 aliphatic heterocycles. The predicted octanol–water partition coefficient (Wildman–Crippen LogP) is 3.24. The number of ether oxygens (including phenoxy) is 2. The van der Waals surface area contributed by atoms with Crippen LogP contribution in [0.2, 0.25) is 0 Å². The molecule has 1 aromatic rings. The Labute approximate surface area is 178 Å². The van der Waals surface area contributed by atoms with Crippen LogP contribution in [0.15, 0.2) is 30.9 Å². The average Bonchev–Trinajstić information content (AvgIpc) is 3.09. The fourth-order valence-electron chi connectivity index (χ4n) is 3.85. The van der Waals surface area contributed by atoms with Gasteiger partial charge in [0, 0.05) is 18.2 Å². The number of carboxylic acids is 1. The van der Waals surface area contributed by atoms with Gasteiger partial charge in [0.05, 0.1) is 32.0 Å². The number of morpholine rings is 1. The molecule has 2 heterocycles. The van der Waals surface area contributed by atoms with Gasteiger partial charge in [-0.25, -0.2) is 9.78 Å². The Hall–Kier alpha value is -2.46. The van der Waals surface area contributed by atoms with Crippen molar-refractivity contribution in [2.45, 2.75) is 38.0 Å². The fraction of sp³-hybridized carbons (Fsp3) is 0.571. The molecule has 0 bridgehead atoms. The van der Waals surface area contributed by atoms with Crippen LogP contribution in [0.25, 0.3) is 0 Å². The van der Waals surface area contributed by atoms with Crippen molar-refractivity contribution < 1.29 is 37.3 Å². The van der Waals surface area contributed by atoms with Crippen LogP contribution >= 0.6 is 0 Å². The van der Waals surface area contributed by atoms with Gasteiger partial charge in [0.1, 0.15) is 5.69 Å². The van der Waals surface area contributed by atoms with Crippen molar-refractivity contribution in [3.05, 3.63) is 42.2 Å². The van der Waals surface area contributed by atoms with E-state index in [1.807, 2.05) is 24.0 Å². The van der Waals surface area contributed by atoms with Crippen LogP contribution in [0, 0.1) is 12.8 Å². The summed E-state index contributed by atoms with van der Waals surface area (Å²) in [6.07, 6.45) is -0.128. The Morgan fingerprint density at radius 3 is 2.77 bits per heavy atom. The summed E-state index contributed by atoms with van der Waals surface area (Å²) in [4.78, 5) is 28.0. The summed E-state index contributed by atoms with van der Waals surface area (Å²) in [7, 11) is 0. The maximum absolute atomic E-state index is 12.8. The first kappa shape index (κ1) is 24.8. The minimum atomic E-state index is -5.08. The molecule has 1 spiro atoms. The standard InChI is InChI=1S/C19H26N2O3.C2HF3O2/c1-3-11-23-13-16-7-5-9-19(16)14-21(10-12-24-19)18(22)17-8-4-6-15(2)20-17;3-2(4,5)1(6)7/h3-4,6,8,16H,1,5,7,9-14H2,2H3;(H,6,7)/t16-,19-;/m1./s1. The summed E-state index contributed by atoms with van der Waals surface area (Å²) in [5.41, 5.74) is 1.11. The molecule has 1 saturated carbocycles. The largest absolute Gasteiger partial charge is 0.490 e. The number of carbonyl (C=O) groups is 2. The average molecular weight is 444 g/mol. The van der Waals surface area contributed by atoms with Gasteiger partial charge >= 0.3 is 12.1 Å². The molecule has 1 amide bonds. The predicted molar refractivity (Wildman–Crippen MR) is 106 cm³/mol. The third-order valence-corrected chi connectivity index (χ3v) is 5.30. The molecule has 2 atom stereocenters. The SMILES string of the molecule is C=CCOC[C@H]1CCC[C@@]12CN(C(=O)c1cccc(C)n1)CCO2.O=C(O)C(F)(F)F. The van der Waals surface area contributed by atoms with Crippen LogP contribution in [0.3, 0.4) is 0 Å². The van der Waals surface area contributed by atoms with E-state index in [1.54, 1.807) is 12.1 Å². The van der Waals surface area contributed by atoms with Crippen molar-refractivity contribution in [1.82, 2.24) is 9.88 Å². The lowest BCUT2D eigenvalue weighted by atomic mass is 9.89. The van der Waals surface area contributed by atoms with Gasteiger partial charge < -0.3 is 19.5 Å². The zero-order chi connectivity index (χ0) is 23.1. The van der Waals surface area contributed by atoms with Gasteiger partial charge in [-0.3, -0.25) is 4.79 Å². The number of carbonyl (C=O) groups excluding carboxylic acids is 1. The van der Waals surface area contributed by atoms with Crippen LogP contribution in [0.4, 0.5) is 13.2 Å². The van der Waals surface area contributed by atoms with Crippen molar-refractivity contribution in [3.8, 4) is 0 Å². The molecule has 10 heteroatoms. The molecular formula is C21H27F3N2O5. The highest BCUT2D eigenvalue weighted by Gasteiger charge is 2.48. The van der Waals surface area contributed by atoms with E-state index in [-0.39, 0.29) is 11.5 Å². The Balaban J connectivity index is 0.000000423. The fourth-order valence-corrected chi connectivity index (χ4v) is 3.85. The number of hydrogen-bond donors (Lipinski definition) is 1. The number of pyridine rings is 1. The van der Waals surface area contributed by atoms with Gasteiger partial charge in [-0.2, -0.15) is 13.2 Å². The van der Waals surface area contributed by atoms with Crippen LogP contribution in [-0.4, -0.2) is 71.6 Å². The molecule has 1 aromatic heterocycles. The van der Waals surface area contributed by atoms with Gasteiger partial charge in [0.2, 0.25) is 0 Å². The van der Waals surface area contributed by atoms with Crippen LogP contribution in [-0.2, 0) is 14.3 Å². The molecule has 0 unspecified atom stereocenters. The zero-order valence-electron chi connectivity index (χ0n) is 17.4. The molecule has 0 radical (unpaired) electrons. The molecule has 2 aliphatic rings. The number of aliphatic carboxylic acids is 1. The lowest BCUT2D eigenvalue weighted by Gasteiger charge is -2.44. The summed E-state index contributed by atoms with van der Waals surface area (Å²) < 4.78 is 43.6. The third kappa shape index (κ3) is 6.76. The van der Waals surface area contributed by atoms with E-state index in [4.69, 9.17) is 19.4 Å². The van der Waals surface area contributed by atoms with E-state index in [0.29, 0.717) is 44.5 Å². The number of rotatable bonds is 5. The van der Waals surface area contributed by atoms with E-state index in [1.165, 1.54) is 0 Å². The summed E-state index contributed by atoms with van der Waals surface area (Å²) in [6.45, 7) is 8.64. The minimum absolute atomic E-state index is 0.000894. The first-order chi connectivity index (χ1) is 14.6. The minimum Gasteiger partial charge on any atom is -0.475 e. The van der Waals surface area contributed by atoms with Crippen LogP contribution in [0.1, 0.15) is 35.4 Å². The quantitative estimate of drug-likeness (QED) is 0.554. The molecule has 2 fully saturated rings. The van der Waals surface area contributed by atoms with E-state index < -0.39 is 12.1 Å². The lowest BCUT2D eigenvalue weighted by Crippen LogP contribution is -2.56. The molecule has 1 N–H and O–H groups in total. The maximum Gasteiger partial charge on any atom is 0.490 e. The highest BCUT2D eigenvalue weighted by Crippen LogP contribution is 2.41.